The molecule has 0 radical (unpaired) electrons. The number of benzene rings is 4. The highest BCUT2D eigenvalue weighted by molar-refractivity contribution is 7.89. The molecule has 13 heteroatoms. The molecule has 4 aromatic rings. The van der Waals surface area contributed by atoms with Crippen LogP contribution in [0.4, 0.5) is 0 Å². The van der Waals surface area contributed by atoms with Crippen molar-refractivity contribution in [2.45, 2.75) is 24.0 Å². The number of fused-ring (bicyclic) bond motifs is 1. The van der Waals surface area contributed by atoms with Gasteiger partial charge in [0.1, 0.15) is 11.8 Å². The first-order valence-corrected chi connectivity index (χ1v) is 17.2. The summed E-state index contributed by atoms with van der Waals surface area (Å²) in [7, 11) is -3.69. The second-order valence-electron chi connectivity index (χ2n) is 11.1. The lowest BCUT2D eigenvalue weighted by Gasteiger charge is -2.31. The number of carbonyl (C=O) groups is 2. The monoisotopic (exact) mass is 691 g/mol. The summed E-state index contributed by atoms with van der Waals surface area (Å²) in [6.07, 6.45) is 0. The summed E-state index contributed by atoms with van der Waals surface area (Å²) in [5.41, 5.74) is 2.17. The van der Waals surface area contributed by atoms with E-state index in [0.29, 0.717) is 41.0 Å². The van der Waals surface area contributed by atoms with Crippen LogP contribution in [0.25, 0.3) is 0 Å². The van der Waals surface area contributed by atoms with E-state index in [1.165, 1.54) is 33.5 Å². The number of rotatable bonds is 12. The van der Waals surface area contributed by atoms with E-state index in [9.17, 15) is 18.0 Å². The van der Waals surface area contributed by atoms with E-state index in [1.807, 2.05) is 18.2 Å². The third kappa shape index (κ3) is 7.91. The summed E-state index contributed by atoms with van der Waals surface area (Å²) >= 11 is 6.13. The summed E-state index contributed by atoms with van der Waals surface area (Å²) in [6, 6.07) is 26.4. The maximum absolute atomic E-state index is 14.0. The molecule has 1 fully saturated rings. The molecule has 0 spiro atoms. The zero-order valence-corrected chi connectivity index (χ0v) is 27.5. The van der Waals surface area contributed by atoms with Crippen molar-refractivity contribution in [3.05, 3.63) is 119 Å². The molecule has 2 aliphatic heterocycles. The van der Waals surface area contributed by atoms with Gasteiger partial charge in [-0.15, -0.1) is 0 Å². The summed E-state index contributed by atoms with van der Waals surface area (Å²) < 4.78 is 49.4. The van der Waals surface area contributed by atoms with Gasteiger partial charge in [-0.2, -0.15) is 4.31 Å². The molecule has 1 unspecified atom stereocenters. The number of ether oxygens (including phenoxy) is 4. The van der Waals surface area contributed by atoms with Gasteiger partial charge >= 0.3 is 0 Å². The number of nitrogens with one attached hydrogen (secondary N) is 1. The lowest BCUT2D eigenvalue weighted by molar-refractivity contribution is -0.143. The van der Waals surface area contributed by atoms with Crippen LogP contribution in [0.15, 0.2) is 102 Å². The molecule has 0 aliphatic carbocycles. The Bertz CT molecular complexity index is 1830. The van der Waals surface area contributed by atoms with Gasteiger partial charge in [0.2, 0.25) is 22.7 Å². The van der Waals surface area contributed by atoms with Crippen LogP contribution in [0.5, 0.6) is 17.2 Å². The molecular weight excluding hydrogens is 658 g/mol. The van der Waals surface area contributed by atoms with Crippen molar-refractivity contribution in [1.29, 1.82) is 0 Å². The van der Waals surface area contributed by atoms with Gasteiger partial charge in [0.25, 0.3) is 5.91 Å². The van der Waals surface area contributed by atoms with Gasteiger partial charge in [-0.05, 0) is 65.2 Å². The van der Waals surface area contributed by atoms with E-state index in [0.717, 1.165) is 11.1 Å². The highest BCUT2D eigenvalue weighted by Gasteiger charge is 2.32. The molecule has 0 bridgehead atoms. The molecule has 0 aromatic heterocycles. The predicted octanol–water partition coefficient (Wildman–Crippen LogP) is 4.55. The molecule has 48 heavy (non-hydrogen) atoms. The number of amides is 2. The maximum Gasteiger partial charge on any atom is 0.261 e. The van der Waals surface area contributed by atoms with Crippen molar-refractivity contribution in [2.75, 3.05) is 39.7 Å². The number of halogens is 1. The SMILES string of the molecule is O=C(NCc1ccc2c(c1)OCO2)C(c1ccccc1)N(Cc1ccc(Cl)cc1)C(=O)COc1ccc(S(=O)(=O)N2CCOCC2)cc1. The van der Waals surface area contributed by atoms with Gasteiger partial charge in [-0.25, -0.2) is 8.42 Å². The first-order chi connectivity index (χ1) is 23.3. The average molecular weight is 692 g/mol. The van der Waals surface area contributed by atoms with Crippen molar-refractivity contribution in [3.63, 3.8) is 0 Å². The smallest absolute Gasteiger partial charge is 0.261 e. The van der Waals surface area contributed by atoms with Gasteiger partial charge in [0.05, 0.1) is 18.1 Å². The molecule has 2 aliphatic rings. The molecule has 11 nitrogen and oxygen atoms in total. The fourth-order valence-corrected chi connectivity index (χ4v) is 6.96. The highest BCUT2D eigenvalue weighted by Crippen LogP contribution is 2.33. The average Bonchev–Trinajstić information content (AvgIpc) is 3.59. The van der Waals surface area contributed by atoms with Crippen LogP contribution in [0.3, 0.4) is 0 Å². The molecule has 1 N–H and O–H groups in total. The van der Waals surface area contributed by atoms with Crippen molar-refractivity contribution in [1.82, 2.24) is 14.5 Å². The quantitative estimate of drug-likeness (QED) is 0.230. The van der Waals surface area contributed by atoms with Gasteiger partial charge in [-0.3, -0.25) is 9.59 Å². The summed E-state index contributed by atoms with van der Waals surface area (Å²) in [6.45, 7) is 1.28. The Morgan fingerprint density at radius 3 is 2.29 bits per heavy atom. The second kappa shape index (κ2) is 15.1. The number of morpholine rings is 1. The first-order valence-electron chi connectivity index (χ1n) is 15.3. The van der Waals surface area contributed by atoms with Crippen LogP contribution in [0.1, 0.15) is 22.7 Å². The van der Waals surface area contributed by atoms with Crippen molar-refractivity contribution in [2.24, 2.45) is 0 Å². The minimum atomic E-state index is -3.69. The molecule has 4 aromatic carbocycles. The van der Waals surface area contributed by atoms with E-state index in [1.54, 1.807) is 54.6 Å². The molecule has 2 heterocycles. The number of carbonyl (C=O) groups excluding carboxylic acids is 2. The predicted molar refractivity (Wildman–Crippen MR) is 177 cm³/mol. The molecular formula is C35H34ClN3O8S. The summed E-state index contributed by atoms with van der Waals surface area (Å²) in [4.78, 5) is 29.6. The van der Waals surface area contributed by atoms with E-state index >= 15 is 0 Å². The number of nitrogens with zero attached hydrogens (tertiary/aromatic N) is 2. The molecule has 1 saturated heterocycles. The Hall–Kier alpha value is -4.62. The Kier molecular flexibility index (Phi) is 10.5. The van der Waals surface area contributed by atoms with Crippen LogP contribution in [-0.2, 0) is 37.4 Å². The Morgan fingerprint density at radius 1 is 0.875 bits per heavy atom. The highest BCUT2D eigenvalue weighted by atomic mass is 35.5. The minimum Gasteiger partial charge on any atom is -0.484 e. The van der Waals surface area contributed by atoms with Crippen LogP contribution >= 0.6 is 11.6 Å². The lowest BCUT2D eigenvalue weighted by Crippen LogP contribution is -2.45. The maximum atomic E-state index is 14.0. The molecule has 250 valence electrons. The van der Waals surface area contributed by atoms with Gasteiger partial charge in [-0.1, -0.05) is 60.1 Å². The largest absolute Gasteiger partial charge is 0.484 e. The van der Waals surface area contributed by atoms with E-state index in [4.69, 9.17) is 30.5 Å². The van der Waals surface area contributed by atoms with E-state index < -0.39 is 28.6 Å². The molecule has 1 atom stereocenters. The standard InChI is InChI=1S/C35H34ClN3O8S/c36-28-9-6-25(7-10-28)22-39(33(40)23-45-29-11-13-30(14-12-29)48(42,43)38-16-18-44-19-17-38)34(27-4-2-1-3-5-27)35(41)37-21-26-8-15-31-32(20-26)47-24-46-31/h1-15,20,34H,16-19,21-24H2,(H,37,41). The van der Waals surface area contributed by atoms with Crippen molar-refractivity contribution < 1.29 is 37.0 Å². The minimum absolute atomic E-state index is 0.0904. The number of sulfonamides is 1. The third-order valence-electron chi connectivity index (χ3n) is 7.96. The summed E-state index contributed by atoms with van der Waals surface area (Å²) in [5, 5.41) is 3.52. The molecule has 0 saturated carbocycles. The molecule has 2 amide bonds. The van der Waals surface area contributed by atoms with Gasteiger partial charge in [0.15, 0.2) is 18.1 Å². The summed E-state index contributed by atoms with van der Waals surface area (Å²) in [5.74, 6) is 0.699. The lowest BCUT2D eigenvalue weighted by atomic mass is 10.0. The van der Waals surface area contributed by atoms with Crippen molar-refractivity contribution in [3.8, 4) is 17.2 Å². The van der Waals surface area contributed by atoms with Crippen LogP contribution in [-0.4, -0.2) is 69.1 Å². The zero-order valence-electron chi connectivity index (χ0n) is 25.9. The third-order valence-corrected chi connectivity index (χ3v) is 10.1. The molecule has 6 rings (SSSR count). The Morgan fingerprint density at radius 2 is 1.56 bits per heavy atom. The van der Waals surface area contributed by atoms with Crippen LogP contribution in [0.2, 0.25) is 5.02 Å². The normalized spacial score (nSPS) is 15.0. The number of hydrogen-bond donors (Lipinski definition) is 1. The van der Waals surface area contributed by atoms with Crippen LogP contribution in [0, 0.1) is 0 Å². The van der Waals surface area contributed by atoms with Gasteiger partial charge < -0.3 is 29.2 Å². The fraction of sp³-hybridized carbons (Fsp3) is 0.257. The number of hydrogen-bond acceptors (Lipinski definition) is 8. The van der Waals surface area contributed by atoms with Gasteiger partial charge in [0, 0.05) is 31.2 Å². The first kappa shape index (κ1) is 33.3. The zero-order chi connectivity index (χ0) is 33.5. The topological polar surface area (TPSA) is 124 Å². The van der Waals surface area contributed by atoms with Crippen LogP contribution < -0.4 is 19.5 Å². The fourth-order valence-electron chi connectivity index (χ4n) is 5.43. The van der Waals surface area contributed by atoms with E-state index in [-0.39, 0.29) is 43.8 Å². The van der Waals surface area contributed by atoms with Crippen molar-refractivity contribution >= 4 is 33.4 Å². The second-order valence-corrected chi connectivity index (χ2v) is 13.5. The van der Waals surface area contributed by atoms with E-state index in [2.05, 4.69) is 5.32 Å². The Balaban J connectivity index is 1.21. The Labute approximate surface area is 284 Å².